The summed E-state index contributed by atoms with van der Waals surface area (Å²) in [6.45, 7) is 6.75. The van der Waals surface area contributed by atoms with Crippen LogP contribution in [0.25, 0.3) is 11.1 Å². The molecule has 31 heavy (non-hydrogen) atoms. The Hall–Kier alpha value is -3.18. The summed E-state index contributed by atoms with van der Waals surface area (Å²) in [7, 11) is 1.43. The predicted octanol–water partition coefficient (Wildman–Crippen LogP) is 2.94. The van der Waals surface area contributed by atoms with Crippen LogP contribution in [0, 0.1) is 16.7 Å². The van der Waals surface area contributed by atoms with Gasteiger partial charge in [-0.2, -0.15) is 5.26 Å². The number of anilines is 1. The fourth-order valence-corrected chi connectivity index (χ4v) is 3.51. The van der Waals surface area contributed by atoms with Gasteiger partial charge in [0.25, 0.3) is 0 Å². The fourth-order valence-electron chi connectivity index (χ4n) is 3.51. The number of carbonyl (C=O) groups excluding carboxylic acids is 1. The number of carbonyl (C=O) groups is 1. The molecule has 0 unspecified atom stereocenters. The summed E-state index contributed by atoms with van der Waals surface area (Å²) in [6, 6.07) is 7.65. The number of hydrogen-bond donors (Lipinski definition) is 1. The lowest BCUT2D eigenvalue weighted by Gasteiger charge is -2.37. The second-order valence-electron chi connectivity index (χ2n) is 8.73. The molecule has 0 aromatic carbocycles. The third kappa shape index (κ3) is 5.30. The first-order chi connectivity index (χ1) is 14.6. The molecule has 8 heteroatoms. The van der Waals surface area contributed by atoms with Crippen molar-refractivity contribution in [3.05, 3.63) is 36.2 Å². The van der Waals surface area contributed by atoms with E-state index < -0.39 is 11.0 Å². The molecule has 1 fully saturated rings. The zero-order valence-electron chi connectivity index (χ0n) is 18.4. The molecule has 0 saturated carbocycles. The maximum atomic E-state index is 12.0. The third-order valence-electron chi connectivity index (χ3n) is 5.50. The minimum absolute atomic E-state index is 0.0853. The van der Waals surface area contributed by atoms with Gasteiger partial charge in [-0.25, -0.2) is 9.97 Å². The number of rotatable bonds is 6. The summed E-state index contributed by atoms with van der Waals surface area (Å²) < 4.78 is 10.5. The predicted molar refractivity (Wildman–Crippen MR) is 116 cm³/mol. The number of methoxy groups -OCH3 is 1. The molecule has 0 bridgehead atoms. The van der Waals surface area contributed by atoms with Crippen LogP contribution in [0.1, 0.15) is 39.2 Å². The highest BCUT2D eigenvalue weighted by atomic mass is 16.5. The number of hydrogen-bond acceptors (Lipinski definition) is 8. The molecule has 3 heterocycles. The zero-order valence-corrected chi connectivity index (χ0v) is 18.4. The van der Waals surface area contributed by atoms with Gasteiger partial charge < -0.3 is 19.5 Å². The minimum atomic E-state index is -0.989. The number of nitriles is 1. The van der Waals surface area contributed by atoms with Gasteiger partial charge in [0.15, 0.2) is 0 Å². The Morgan fingerprint density at radius 1 is 1.29 bits per heavy atom. The molecule has 8 nitrogen and oxygen atoms in total. The van der Waals surface area contributed by atoms with Crippen LogP contribution in [0.2, 0.25) is 0 Å². The second-order valence-corrected chi connectivity index (χ2v) is 8.73. The molecule has 2 aromatic heterocycles. The van der Waals surface area contributed by atoms with Gasteiger partial charge in [-0.05, 0) is 45.7 Å². The average Bonchev–Trinajstić information content (AvgIpc) is 2.77. The van der Waals surface area contributed by atoms with Gasteiger partial charge in [-0.3, -0.25) is 4.79 Å². The first kappa shape index (κ1) is 22.5. The number of aromatic nitrogens is 2. The highest BCUT2D eigenvalue weighted by Gasteiger charge is 2.38. The average molecular weight is 425 g/mol. The molecule has 3 rings (SSSR count). The van der Waals surface area contributed by atoms with Crippen molar-refractivity contribution in [2.24, 2.45) is 5.41 Å². The molecule has 1 aliphatic rings. The second kappa shape index (κ2) is 8.90. The minimum Gasteiger partial charge on any atom is -0.475 e. The lowest BCUT2D eigenvalue weighted by molar-refractivity contribution is -0.152. The van der Waals surface area contributed by atoms with Crippen LogP contribution in [-0.4, -0.2) is 53.5 Å². The standard InChI is InChI=1S/C23H28N4O4/c1-22(2,29)15-31-20-11-18(17(12-24)14-26-20)16-5-6-19(25-13-16)27-9-7-23(3,8-10-27)21(28)30-4/h5-6,11,13-14,29H,7-10,15H2,1-4H3. The molecule has 0 radical (unpaired) electrons. The van der Waals surface area contributed by atoms with Gasteiger partial charge in [-0.1, -0.05) is 0 Å². The lowest BCUT2D eigenvalue weighted by atomic mass is 9.80. The van der Waals surface area contributed by atoms with Crippen LogP contribution in [-0.2, 0) is 9.53 Å². The van der Waals surface area contributed by atoms with Crippen LogP contribution in [0.4, 0.5) is 5.82 Å². The van der Waals surface area contributed by atoms with Crippen LogP contribution in [0.15, 0.2) is 30.6 Å². The van der Waals surface area contributed by atoms with E-state index in [4.69, 9.17) is 9.47 Å². The van der Waals surface area contributed by atoms with Gasteiger partial charge in [0, 0.05) is 42.7 Å². The van der Waals surface area contributed by atoms with Crippen LogP contribution in [0.5, 0.6) is 5.88 Å². The first-order valence-electron chi connectivity index (χ1n) is 10.2. The van der Waals surface area contributed by atoms with Crippen molar-refractivity contribution in [3.8, 4) is 23.1 Å². The Kier molecular flexibility index (Phi) is 6.46. The van der Waals surface area contributed by atoms with Crippen molar-refractivity contribution in [2.75, 3.05) is 31.7 Å². The molecule has 1 aliphatic heterocycles. The smallest absolute Gasteiger partial charge is 0.311 e. The topological polar surface area (TPSA) is 109 Å². The highest BCUT2D eigenvalue weighted by Crippen LogP contribution is 2.34. The van der Waals surface area contributed by atoms with E-state index in [1.165, 1.54) is 13.3 Å². The fraction of sp³-hybridized carbons (Fsp3) is 0.478. The number of nitrogens with zero attached hydrogens (tertiary/aromatic N) is 4. The quantitative estimate of drug-likeness (QED) is 0.705. The maximum absolute atomic E-state index is 12.0. The lowest BCUT2D eigenvalue weighted by Crippen LogP contribution is -2.43. The van der Waals surface area contributed by atoms with E-state index in [0.717, 1.165) is 11.4 Å². The van der Waals surface area contributed by atoms with Gasteiger partial charge in [0.1, 0.15) is 18.5 Å². The largest absolute Gasteiger partial charge is 0.475 e. The van der Waals surface area contributed by atoms with Gasteiger partial charge in [0.2, 0.25) is 5.88 Å². The summed E-state index contributed by atoms with van der Waals surface area (Å²) in [5.74, 6) is 0.986. The molecule has 0 spiro atoms. The van der Waals surface area contributed by atoms with E-state index in [2.05, 4.69) is 20.9 Å². The van der Waals surface area contributed by atoms with Crippen molar-refractivity contribution in [3.63, 3.8) is 0 Å². The number of aliphatic hydroxyl groups is 1. The third-order valence-corrected chi connectivity index (χ3v) is 5.50. The highest BCUT2D eigenvalue weighted by molar-refractivity contribution is 5.76. The Balaban J connectivity index is 1.76. The maximum Gasteiger partial charge on any atom is 0.311 e. The van der Waals surface area contributed by atoms with Crippen LogP contribution >= 0.6 is 0 Å². The summed E-state index contributed by atoms with van der Waals surface area (Å²) >= 11 is 0. The van der Waals surface area contributed by atoms with E-state index in [1.807, 2.05) is 19.1 Å². The monoisotopic (exact) mass is 424 g/mol. The Labute approximate surface area is 182 Å². The van der Waals surface area contributed by atoms with E-state index >= 15 is 0 Å². The number of ether oxygens (including phenoxy) is 2. The van der Waals surface area contributed by atoms with E-state index in [1.54, 1.807) is 26.1 Å². The zero-order chi connectivity index (χ0) is 22.6. The molecule has 1 N–H and O–H groups in total. The summed E-state index contributed by atoms with van der Waals surface area (Å²) in [6.07, 6.45) is 4.59. The molecule has 0 atom stereocenters. The van der Waals surface area contributed by atoms with E-state index in [9.17, 15) is 15.2 Å². The normalized spacial score (nSPS) is 15.8. The molecule has 0 aliphatic carbocycles. The summed E-state index contributed by atoms with van der Waals surface area (Å²) in [5, 5.41) is 19.3. The Morgan fingerprint density at radius 3 is 2.55 bits per heavy atom. The van der Waals surface area contributed by atoms with Crippen molar-refractivity contribution >= 4 is 11.8 Å². The number of pyridine rings is 2. The number of piperidine rings is 1. The summed E-state index contributed by atoms with van der Waals surface area (Å²) in [5.41, 5.74) is 0.407. The Bertz CT molecular complexity index is 969. The molecule has 0 amide bonds. The summed E-state index contributed by atoms with van der Waals surface area (Å²) in [4.78, 5) is 22.9. The van der Waals surface area contributed by atoms with Gasteiger partial charge in [0.05, 0.1) is 23.7 Å². The molecule has 1 saturated heterocycles. The van der Waals surface area contributed by atoms with Crippen LogP contribution in [0.3, 0.4) is 0 Å². The number of esters is 1. The van der Waals surface area contributed by atoms with Crippen molar-refractivity contribution < 1.29 is 19.4 Å². The van der Waals surface area contributed by atoms with Crippen molar-refractivity contribution in [1.82, 2.24) is 9.97 Å². The molecular formula is C23H28N4O4. The Morgan fingerprint density at radius 2 is 2.00 bits per heavy atom. The molecule has 164 valence electrons. The van der Waals surface area contributed by atoms with E-state index in [-0.39, 0.29) is 12.6 Å². The van der Waals surface area contributed by atoms with Crippen molar-refractivity contribution in [2.45, 2.75) is 39.2 Å². The van der Waals surface area contributed by atoms with Gasteiger partial charge >= 0.3 is 5.97 Å². The van der Waals surface area contributed by atoms with E-state index in [0.29, 0.717) is 42.9 Å². The first-order valence-corrected chi connectivity index (χ1v) is 10.2. The van der Waals surface area contributed by atoms with Crippen molar-refractivity contribution in [1.29, 1.82) is 5.26 Å². The molecular weight excluding hydrogens is 396 g/mol. The van der Waals surface area contributed by atoms with Gasteiger partial charge in [-0.15, -0.1) is 0 Å². The SMILES string of the molecule is COC(=O)C1(C)CCN(c2ccc(-c3cc(OCC(C)(C)O)ncc3C#N)cn2)CC1. The van der Waals surface area contributed by atoms with Crippen LogP contribution < -0.4 is 9.64 Å². The molecule has 2 aromatic rings.